The Hall–Kier alpha value is -0.690. The van der Waals surface area contributed by atoms with Crippen molar-refractivity contribution in [2.45, 2.75) is 32.2 Å². The van der Waals surface area contributed by atoms with Crippen LogP contribution in [0.2, 0.25) is 5.02 Å². The summed E-state index contributed by atoms with van der Waals surface area (Å²) in [6, 6.07) is 6.11. The maximum atomic E-state index is 6.09. The average molecular weight is 196 g/mol. The minimum Gasteiger partial charge on any atom is -0.378 e. The molecule has 0 spiro atoms. The Labute approximate surface area is 84.1 Å². The Morgan fingerprint density at radius 1 is 1.54 bits per heavy atom. The summed E-state index contributed by atoms with van der Waals surface area (Å²) in [5.74, 6) is 0. The lowest BCUT2D eigenvalue weighted by Gasteiger charge is -2.22. The van der Waals surface area contributed by atoms with Gasteiger partial charge in [0.05, 0.1) is 10.7 Å². The van der Waals surface area contributed by atoms with Crippen molar-refractivity contribution in [3.05, 3.63) is 28.8 Å². The van der Waals surface area contributed by atoms with Gasteiger partial charge in [-0.2, -0.15) is 0 Å². The first-order valence-electron chi connectivity index (χ1n) is 4.70. The van der Waals surface area contributed by atoms with Crippen molar-refractivity contribution in [2.75, 3.05) is 5.32 Å². The fraction of sp³-hybridized carbons (Fsp3) is 0.455. The zero-order valence-electron chi connectivity index (χ0n) is 8.02. The number of hydrogen-bond donors (Lipinski definition) is 1. The van der Waals surface area contributed by atoms with E-state index in [0.29, 0.717) is 0 Å². The number of nitrogens with one attached hydrogen (secondary N) is 1. The second-order valence-corrected chi connectivity index (χ2v) is 4.40. The molecule has 70 valence electrons. The molecule has 0 amide bonds. The molecule has 0 radical (unpaired) electrons. The molecule has 0 fully saturated rings. The molecule has 1 aliphatic heterocycles. The van der Waals surface area contributed by atoms with Crippen LogP contribution in [0.4, 0.5) is 5.69 Å². The van der Waals surface area contributed by atoms with Crippen LogP contribution in [0.1, 0.15) is 25.8 Å². The van der Waals surface area contributed by atoms with Gasteiger partial charge in [-0.25, -0.2) is 0 Å². The highest BCUT2D eigenvalue weighted by molar-refractivity contribution is 6.33. The topological polar surface area (TPSA) is 12.0 Å². The Bertz CT molecular complexity index is 335. The third-order valence-corrected chi connectivity index (χ3v) is 3.20. The van der Waals surface area contributed by atoms with E-state index in [0.717, 1.165) is 23.6 Å². The van der Waals surface area contributed by atoms with E-state index in [2.05, 4.69) is 25.2 Å². The molecular weight excluding hydrogens is 182 g/mol. The van der Waals surface area contributed by atoms with E-state index >= 15 is 0 Å². The summed E-state index contributed by atoms with van der Waals surface area (Å²) in [5, 5.41) is 4.34. The average Bonchev–Trinajstić information content (AvgIpc) is 2.45. The van der Waals surface area contributed by atoms with Gasteiger partial charge in [-0.15, -0.1) is 0 Å². The largest absolute Gasteiger partial charge is 0.378 e. The molecule has 1 aliphatic rings. The molecule has 0 aliphatic carbocycles. The molecule has 2 heteroatoms. The van der Waals surface area contributed by atoms with Crippen molar-refractivity contribution in [1.82, 2.24) is 0 Å². The molecule has 0 aromatic heterocycles. The van der Waals surface area contributed by atoms with Crippen LogP contribution in [0, 0.1) is 0 Å². The minimum atomic E-state index is 0.202. The SMILES string of the molecule is CCC1(C)Cc2cccc(Cl)c2N1. The molecule has 0 saturated heterocycles. The quantitative estimate of drug-likeness (QED) is 0.724. The van der Waals surface area contributed by atoms with Gasteiger partial charge in [-0.05, 0) is 31.4 Å². The molecule has 1 N–H and O–H groups in total. The predicted octanol–water partition coefficient (Wildman–Crippen LogP) is 3.48. The van der Waals surface area contributed by atoms with Crippen LogP contribution in [0.3, 0.4) is 0 Å². The molecule has 0 bridgehead atoms. The molecule has 1 aromatic carbocycles. The minimum absolute atomic E-state index is 0.202. The van der Waals surface area contributed by atoms with Crippen LogP contribution in [0.25, 0.3) is 0 Å². The summed E-state index contributed by atoms with van der Waals surface area (Å²) in [6.07, 6.45) is 2.21. The van der Waals surface area contributed by atoms with E-state index in [1.165, 1.54) is 5.56 Å². The Morgan fingerprint density at radius 2 is 2.31 bits per heavy atom. The lowest BCUT2D eigenvalue weighted by Crippen LogP contribution is -2.30. The predicted molar refractivity (Wildman–Crippen MR) is 57.5 cm³/mol. The summed E-state index contributed by atoms with van der Waals surface area (Å²) in [6.45, 7) is 4.44. The maximum Gasteiger partial charge on any atom is 0.0640 e. The Balaban J connectivity index is 2.40. The van der Waals surface area contributed by atoms with E-state index in [1.54, 1.807) is 0 Å². The van der Waals surface area contributed by atoms with Crippen LogP contribution < -0.4 is 5.32 Å². The van der Waals surface area contributed by atoms with Gasteiger partial charge in [0, 0.05) is 5.54 Å². The zero-order valence-corrected chi connectivity index (χ0v) is 8.78. The fourth-order valence-corrected chi connectivity index (χ4v) is 2.08. The Morgan fingerprint density at radius 3 is 2.92 bits per heavy atom. The first kappa shape index (κ1) is 8.89. The number of anilines is 1. The molecule has 1 aromatic rings. The number of halogens is 1. The van der Waals surface area contributed by atoms with Crippen LogP contribution in [-0.4, -0.2) is 5.54 Å². The van der Waals surface area contributed by atoms with Crippen LogP contribution >= 0.6 is 11.6 Å². The van der Waals surface area contributed by atoms with Gasteiger partial charge in [-0.1, -0.05) is 30.7 Å². The Kier molecular flexibility index (Phi) is 1.99. The number of fused-ring (bicyclic) bond motifs is 1. The lowest BCUT2D eigenvalue weighted by atomic mass is 9.95. The van der Waals surface area contributed by atoms with Crippen molar-refractivity contribution in [1.29, 1.82) is 0 Å². The summed E-state index contributed by atoms with van der Waals surface area (Å²) < 4.78 is 0. The van der Waals surface area contributed by atoms with Gasteiger partial charge < -0.3 is 5.32 Å². The van der Waals surface area contributed by atoms with Gasteiger partial charge in [0.1, 0.15) is 0 Å². The summed E-state index contributed by atoms with van der Waals surface area (Å²) >= 11 is 6.09. The smallest absolute Gasteiger partial charge is 0.0640 e. The summed E-state index contributed by atoms with van der Waals surface area (Å²) in [5.41, 5.74) is 2.68. The fourth-order valence-electron chi connectivity index (χ4n) is 1.84. The van der Waals surface area contributed by atoms with Crippen molar-refractivity contribution in [2.24, 2.45) is 0 Å². The summed E-state index contributed by atoms with van der Waals surface area (Å²) in [4.78, 5) is 0. The summed E-state index contributed by atoms with van der Waals surface area (Å²) in [7, 11) is 0. The third-order valence-electron chi connectivity index (χ3n) is 2.89. The highest BCUT2D eigenvalue weighted by atomic mass is 35.5. The van der Waals surface area contributed by atoms with Crippen LogP contribution in [-0.2, 0) is 6.42 Å². The van der Waals surface area contributed by atoms with Gasteiger partial charge >= 0.3 is 0 Å². The molecule has 1 atom stereocenters. The van der Waals surface area contributed by atoms with Crippen molar-refractivity contribution >= 4 is 17.3 Å². The first-order valence-corrected chi connectivity index (χ1v) is 5.08. The highest BCUT2D eigenvalue weighted by Crippen LogP contribution is 2.38. The zero-order chi connectivity index (χ0) is 9.47. The molecule has 1 nitrogen and oxygen atoms in total. The monoisotopic (exact) mass is 195 g/mol. The van der Waals surface area contributed by atoms with Crippen molar-refractivity contribution in [3.8, 4) is 0 Å². The van der Waals surface area contributed by atoms with E-state index in [4.69, 9.17) is 11.6 Å². The van der Waals surface area contributed by atoms with Crippen molar-refractivity contribution < 1.29 is 0 Å². The van der Waals surface area contributed by atoms with Crippen LogP contribution in [0.15, 0.2) is 18.2 Å². The van der Waals surface area contributed by atoms with E-state index in [1.807, 2.05) is 12.1 Å². The molecular formula is C11H14ClN. The molecule has 1 unspecified atom stereocenters. The van der Waals surface area contributed by atoms with Crippen molar-refractivity contribution in [3.63, 3.8) is 0 Å². The normalized spacial score (nSPS) is 25.5. The standard InChI is InChI=1S/C11H14ClN/c1-3-11(2)7-8-5-4-6-9(12)10(8)13-11/h4-6,13H,3,7H2,1-2H3. The van der Waals surface area contributed by atoms with E-state index in [-0.39, 0.29) is 5.54 Å². The number of rotatable bonds is 1. The third kappa shape index (κ3) is 1.42. The molecule has 0 saturated carbocycles. The van der Waals surface area contributed by atoms with Gasteiger partial charge in [0.15, 0.2) is 0 Å². The molecule has 13 heavy (non-hydrogen) atoms. The van der Waals surface area contributed by atoms with Gasteiger partial charge in [0.25, 0.3) is 0 Å². The molecule has 2 rings (SSSR count). The maximum absolute atomic E-state index is 6.09. The van der Waals surface area contributed by atoms with Crippen LogP contribution in [0.5, 0.6) is 0 Å². The molecule has 1 heterocycles. The second kappa shape index (κ2) is 2.91. The van der Waals surface area contributed by atoms with Gasteiger partial charge in [0.2, 0.25) is 0 Å². The number of hydrogen-bond acceptors (Lipinski definition) is 1. The highest BCUT2D eigenvalue weighted by Gasteiger charge is 2.31. The number of benzene rings is 1. The second-order valence-electron chi connectivity index (χ2n) is 3.99. The lowest BCUT2D eigenvalue weighted by molar-refractivity contribution is 0.515. The van der Waals surface area contributed by atoms with E-state index < -0.39 is 0 Å². The van der Waals surface area contributed by atoms with Gasteiger partial charge in [-0.3, -0.25) is 0 Å². The van der Waals surface area contributed by atoms with E-state index in [9.17, 15) is 0 Å². The number of para-hydroxylation sites is 1. The first-order chi connectivity index (χ1) is 6.14.